The molecule has 27 heteroatoms. The molecule has 1 aliphatic heterocycles. The number of carboxylic acid groups (broad SMARTS) is 2. The lowest BCUT2D eigenvalue weighted by molar-refractivity contribution is -0.143. The zero-order valence-corrected chi connectivity index (χ0v) is 47.8. The number of hydrogen-bond donors (Lipinski definition) is 10. The van der Waals surface area contributed by atoms with E-state index in [1.54, 1.807) is 55.8 Å². The van der Waals surface area contributed by atoms with Crippen LogP contribution in [0.4, 0.5) is 8.78 Å². The van der Waals surface area contributed by atoms with Crippen molar-refractivity contribution in [2.45, 2.75) is 141 Å². The van der Waals surface area contributed by atoms with Crippen LogP contribution in [0.15, 0.2) is 72.9 Å². The Bertz CT molecular complexity index is 2880. The molecule has 0 saturated heterocycles. The van der Waals surface area contributed by atoms with Crippen molar-refractivity contribution in [2.75, 3.05) is 33.3 Å². The number of nitrogens with two attached hydrogens (primary N) is 1. The van der Waals surface area contributed by atoms with E-state index in [-0.39, 0.29) is 30.6 Å². The molecule has 0 radical (unpaired) electrons. The summed E-state index contributed by atoms with van der Waals surface area (Å²) in [6, 6.07) is 5.27. The number of aliphatic carboxylic acids is 2. The number of imide groups is 1. The monoisotopic (exact) mass is 1180 g/mol. The number of aliphatic hydroxyl groups excluding tert-OH is 2. The Morgan fingerprint density at radius 1 is 0.774 bits per heavy atom. The Balaban J connectivity index is 1.61. The molecular weight excluding hydrogens is 1100 g/mol. The first-order chi connectivity index (χ1) is 39.5. The van der Waals surface area contributed by atoms with Gasteiger partial charge in [0.15, 0.2) is 0 Å². The number of carboxylic acids is 2. The highest BCUT2D eigenvalue weighted by atomic mass is 19.1. The van der Waals surface area contributed by atoms with Gasteiger partial charge >= 0.3 is 11.9 Å². The van der Waals surface area contributed by atoms with E-state index in [2.05, 4.69) is 26.6 Å². The van der Waals surface area contributed by atoms with Gasteiger partial charge in [-0.25, -0.2) is 13.6 Å². The number of nitrogens with one attached hydrogen (secondary N) is 5. The summed E-state index contributed by atoms with van der Waals surface area (Å²) in [4.78, 5) is 144. The van der Waals surface area contributed by atoms with Gasteiger partial charge in [0.1, 0.15) is 42.6 Å². The highest BCUT2D eigenvalue weighted by Gasteiger charge is 2.39. The van der Waals surface area contributed by atoms with E-state index < -0.39 is 176 Å². The number of hydrogen-bond acceptors (Lipinski definition) is 14. The lowest BCUT2D eigenvalue weighted by atomic mass is 9.82. The fraction of sp³-hybridized carbons (Fsp3) is 0.491. The zero-order chi connectivity index (χ0) is 62.6. The third kappa shape index (κ3) is 20.5. The summed E-state index contributed by atoms with van der Waals surface area (Å²) in [7, 11) is 1.31. The van der Waals surface area contributed by atoms with Crippen LogP contribution in [-0.2, 0) is 59.3 Å². The normalized spacial score (nSPS) is 14.8. The predicted octanol–water partition coefficient (Wildman–Crippen LogP) is 1.19. The molecule has 0 saturated carbocycles. The molecule has 2 aromatic carbocycles. The van der Waals surface area contributed by atoms with Gasteiger partial charge in [0.25, 0.3) is 11.8 Å². The second kappa shape index (κ2) is 31.9. The maximum atomic E-state index is 15.4. The maximum Gasteiger partial charge on any atom is 0.326 e. The number of aromatic nitrogens is 1. The molecule has 4 rings (SSSR count). The first-order valence-corrected chi connectivity index (χ1v) is 27.3. The molecule has 0 spiro atoms. The van der Waals surface area contributed by atoms with Crippen molar-refractivity contribution in [1.82, 2.24) is 45.9 Å². The molecular formula is C57H76F2N10O15. The molecule has 1 aromatic heterocycles. The fourth-order valence-electron chi connectivity index (χ4n) is 9.37. The van der Waals surface area contributed by atoms with Crippen LogP contribution in [0.1, 0.15) is 110 Å². The van der Waals surface area contributed by atoms with Gasteiger partial charge in [-0.2, -0.15) is 0 Å². The number of rotatable bonds is 34. The molecule has 1 unspecified atom stereocenters. The van der Waals surface area contributed by atoms with E-state index >= 15 is 4.39 Å². The Morgan fingerprint density at radius 2 is 1.43 bits per heavy atom. The van der Waals surface area contributed by atoms with Crippen LogP contribution in [0.3, 0.4) is 0 Å². The van der Waals surface area contributed by atoms with Crippen LogP contribution < -0.4 is 32.3 Å². The van der Waals surface area contributed by atoms with Crippen LogP contribution in [-0.4, -0.2) is 175 Å². The number of unbranched alkanes of at least 4 members (excludes halogenated alkanes) is 2. The van der Waals surface area contributed by atoms with E-state index in [0.717, 1.165) is 33.6 Å². The van der Waals surface area contributed by atoms with Crippen molar-refractivity contribution in [3.05, 3.63) is 95.8 Å². The van der Waals surface area contributed by atoms with E-state index in [0.29, 0.717) is 25.0 Å². The Kier molecular flexibility index (Phi) is 25.8. The molecule has 0 fully saturated rings. The molecule has 11 N–H and O–H groups in total. The minimum atomic E-state index is -1.79. The van der Waals surface area contributed by atoms with Crippen molar-refractivity contribution >= 4 is 65.1 Å². The summed E-state index contributed by atoms with van der Waals surface area (Å²) in [5, 5.41) is 52.9. The van der Waals surface area contributed by atoms with Crippen molar-refractivity contribution in [2.24, 2.45) is 11.1 Å². The number of benzene rings is 2. The molecule has 3 aromatic rings. The average molecular weight is 1180 g/mol. The average Bonchev–Trinajstić information content (AvgIpc) is 4.19. The molecule has 0 aliphatic carbocycles. The minimum Gasteiger partial charge on any atom is -0.481 e. The van der Waals surface area contributed by atoms with Crippen LogP contribution in [0.5, 0.6) is 0 Å². The number of likely N-dealkylation sites (N-methyl/N-ethyl adjacent to an activating group) is 1. The smallest absolute Gasteiger partial charge is 0.326 e. The highest BCUT2D eigenvalue weighted by molar-refractivity contribution is 6.12. The molecule has 9 amide bonds. The molecule has 2 heterocycles. The third-order valence-electron chi connectivity index (χ3n) is 13.9. The van der Waals surface area contributed by atoms with Crippen molar-refractivity contribution in [3.8, 4) is 11.1 Å². The molecule has 1 aliphatic rings. The number of aliphatic hydroxyl groups is 2. The number of carbonyl (C=O) groups excluding carboxylic acids is 9. The molecule has 7 atom stereocenters. The lowest BCUT2D eigenvalue weighted by Gasteiger charge is -2.41. The number of carbonyl (C=O) groups is 11. The number of halogens is 2. The van der Waals surface area contributed by atoms with Crippen LogP contribution in [0.2, 0.25) is 0 Å². The fourth-order valence-corrected chi connectivity index (χ4v) is 9.37. The summed E-state index contributed by atoms with van der Waals surface area (Å²) in [5.41, 5.74) is 5.93. The van der Waals surface area contributed by atoms with Gasteiger partial charge in [0.05, 0.1) is 24.5 Å². The minimum absolute atomic E-state index is 0.0138. The van der Waals surface area contributed by atoms with Gasteiger partial charge in [-0.1, -0.05) is 57.5 Å². The Hall–Kier alpha value is -8.43. The number of primary amides is 1. The second-order valence-electron chi connectivity index (χ2n) is 21.5. The van der Waals surface area contributed by atoms with Gasteiger partial charge in [0.2, 0.25) is 41.4 Å². The first-order valence-electron chi connectivity index (χ1n) is 27.3. The van der Waals surface area contributed by atoms with Gasteiger partial charge < -0.3 is 61.8 Å². The molecule has 0 bridgehead atoms. The van der Waals surface area contributed by atoms with Crippen LogP contribution in [0, 0.1) is 17.0 Å². The van der Waals surface area contributed by atoms with Crippen molar-refractivity contribution < 1.29 is 81.9 Å². The second-order valence-corrected chi connectivity index (χ2v) is 21.5. The van der Waals surface area contributed by atoms with E-state index in [4.69, 9.17) is 10.8 Å². The largest absolute Gasteiger partial charge is 0.481 e. The molecule has 84 heavy (non-hydrogen) atoms. The SMILES string of the molecule is C[C@H](NC(=O)CCCCCN1C(=O)C=CC1=O)C(=O)N(C)[C@@H](C)C(O)N[C@@H](CC(N)=O)C(=O)N[C@@H](CCN(C(=O)CO)[C@@H](c1cc(-c2cc(F)ccc2F)cn1Cc1ccccc1)C(C)(C)C)C(=O)NCCC(=O)N[C@H](CCC(=O)O)C(=O)O. The Labute approximate surface area is 484 Å². The maximum absolute atomic E-state index is 15.4. The lowest BCUT2D eigenvalue weighted by Crippen LogP contribution is -2.60. The summed E-state index contributed by atoms with van der Waals surface area (Å²) in [5.74, 6) is -11.2. The highest BCUT2D eigenvalue weighted by Crippen LogP contribution is 2.41. The van der Waals surface area contributed by atoms with E-state index in [9.17, 15) is 72.4 Å². The first kappa shape index (κ1) is 68.1. The van der Waals surface area contributed by atoms with Crippen molar-refractivity contribution in [3.63, 3.8) is 0 Å². The predicted molar refractivity (Wildman–Crippen MR) is 298 cm³/mol. The standard InChI is InChI=1S/C57H76F2N10O15/c1-33(62-45(72)15-11-8-12-25-68-47(74)19-20-48(68)75)55(82)66(6)34(2)52(79)65-42(29-44(60)71)54(81)64-40(53(80)61-24-22-46(73)63-41(56(83)84)18-21-50(77)78)23-26-69(49(76)32-70)51(57(3,4)5)43-27-36(38-28-37(58)16-17-39(38)59)31-67(43)30-35-13-9-7-10-14-35/h7,9-10,13-14,16-17,19-20,27-28,31,33-34,40-42,51-52,65,70,79H,8,11-12,15,18,21-26,29-30,32H2,1-6H3,(H2,60,71)(H,61,80)(H,62,72)(H,63,73)(H,64,81)(H,77,78)(H,83,84)/t33-,34-,40-,41+,42-,51-,52?/m0/s1. The van der Waals surface area contributed by atoms with Crippen molar-refractivity contribution in [1.29, 1.82) is 0 Å². The van der Waals surface area contributed by atoms with E-state index in [1.165, 1.54) is 37.9 Å². The van der Waals surface area contributed by atoms with Crippen LogP contribution >= 0.6 is 0 Å². The summed E-state index contributed by atoms with van der Waals surface area (Å²) in [6.07, 6.45) is 0.639. The van der Waals surface area contributed by atoms with Gasteiger partial charge in [-0.05, 0) is 74.8 Å². The summed E-state index contributed by atoms with van der Waals surface area (Å²) in [6.45, 7) is 6.48. The Morgan fingerprint density at radius 3 is 2.04 bits per heavy atom. The quantitative estimate of drug-likeness (QED) is 0.0228. The van der Waals surface area contributed by atoms with Gasteiger partial charge in [-0.15, -0.1) is 0 Å². The third-order valence-corrected chi connectivity index (χ3v) is 13.9. The summed E-state index contributed by atoms with van der Waals surface area (Å²) >= 11 is 0. The van der Waals surface area contributed by atoms with Gasteiger partial charge in [0, 0.05) is 87.7 Å². The molecule has 458 valence electrons. The topological polar surface area (TPSA) is 370 Å². The number of amides is 9. The number of nitrogens with zero attached hydrogens (tertiary/aromatic N) is 4. The van der Waals surface area contributed by atoms with E-state index in [1.807, 2.05) is 12.1 Å². The zero-order valence-electron chi connectivity index (χ0n) is 47.8. The molecule has 25 nitrogen and oxygen atoms in total. The summed E-state index contributed by atoms with van der Waals surface area (Å²) < 4.78 is 31.8. The van der Waals surface area contributed by atoms with Gasteiger partial charge in [-0.3, -0.25) is 58.2 Å². The van der Waals surface area contributed by atoms with Crippen LogP contribution in [0.25, 0.3) is 11.1 Å².